The van der Waals surface area contributed by atoms with Crippen LogP contribution in [0.3, 0.4) is 0 Å². The van der Waals surface area contributed by atoms with Crippen molar-refractivity contribution in [1.82, 2.24) is 0 Å². The van der Waals surface area contributed by atoms with E-state index in [2.05, 4.69) is 140 Å². The Hall–Kier alpha value is -7.10. The fraction of sp³-hybridized carbons (Fsp3) is 0. The lowest BCUT2D eigenvalue weighted by molar-refractivity contribution is 0.612. The maximum absolute atomic E-state index is 7.01. The normalized spacial score (nSPS) is 12.2. The Kier molecular flexibility index (Phi) is 5.77. The molecule has 0 bridgehead atoms. The molecule has 0 fully saturated rings. The SMILES string of the molecule is c1ccc(-c2oc3c(ccc4c5ccccc5oc43)c2-c2c3ccccc3c(-c3ccc4ccc5oc6ccccc6c5c4c3)c3ccccc23)cc1. The molecule has 0 aliphatic heterocycles. The highest BCUT2D eigenvalue weighted by atomic mass is 16.4. The van der Waals surface area contributed by atoms with Crippen LogP contribution in [0.2, 0.25) is 0 Å². The van der Waals surface area contributed by atoms with Crippen molar-refractivity contribution in [1.29, 1.82) is 0 Å². The first-order valence-corrected chi connectivity index (χ1v) is 18.0. The van der Waals surface area contributed by atoms with Gasteiger partial charge in [0.15, 0.2) is 11.2 Å². The van der Waals surface area contributed by atoms with Crippen LogP contribution in [0, 0.1) is 0 Å². The van der Waals surface area contributed by atoms with Crippen LogP contribution >= 0.6 is 0 Å². The van der Waals surface area contributed by atoms with E-state index in [-0.39, 0.29) is 0 Å². The molecule has 12 rings (SSSR count). The van der Waals surface area contributed by atoms with E-state index < -0.39 is 0 Å². The van der Waals surface area contributed by atoms with Gasteiger partial charge in [0.1, 0.15) is 22.5 Å². The zero-order valence-electron chi connectivity index (χ0n) is 28.4. The molecule has 12 aromatic rings. The molecule has 0 unspecified atom stereocenters. The number of benzene rings is 9. The summed E-state index contributed by atoms with van der Waals surface area (Å²) < 4.78 is 19.9. The molecule has 0 radical (unpaired) electrons. The van der Waals surface area contributed by atoms with Gasteiger partial charge in [-0.15, -0.1) is 0 Å². The average molecular weight is 677 g/mol. The van der Waals surface area contributed by atoms with Crippen LogP contribution in [-0.2, 0) is 0 Å². The van der Waals surface area contributed by atoms with Crippen LogP contribution in [0.15, 0.2) is 183 Å². The molecule has 0 aliphatic rings. The van der Waals surface area contributed by atoms with Gasteiger partial charge in [-0.1, -0.05) is 133 Å². The second kappa shape index (κ2) is 10.7. The maximum atomic E-state index is 7.01. The third-order valence-electron chi connectivity index (χ3n) is 11.1. The van der Waals surface area contributed by atoms with Crippen LogP contribution in [0.25, 0.3) is 121 Å². The number of fused-ring (bicyclic) bond motifs is 12. The fourth-order valence-corrected chi connectivity index (χ4v) is 8.79. The van der Waals surface area contributed by atoms with Gasteiger partial charge >= 0.3 is 0 Å². The maximum Gasteiger partial charge on any atom is 0.178 e. The van der Waals surface area contributed by atoms with Crippen molar-refractivity contribution in [2.75, 3.05) is 0 Å². The molecule has 0 atom stereocenters. The molecule has 53 heavy (non-hydrogen) atoms. The van der Waals surface area contributed by atoms with E-state index in [1.54, 1.807) is 0 Å². The summed E-state index contributed by atoms with van der Waals surface area (Å²) in [7, 11) is 0. The van der Waals surface area contributed by atoms with Crippen molar-refractivity contribution in [3.05, 3.63) is 170 Å². The van der Waals surface area contributed by atoms with E-state index >= 15 is 0 Å². The van der Waals surface area contributed by atoms with Gasteiger partial charge < -0.3 is 13.3 Å². The smallest absolute Gasteiger partial charge is 0.178 e. The van der Waals surface area contributed by atoms with Crippen molar-refractivity contribution < 1.29 is 13.3 Å². The van der Waals surface area contributed by atoms with Gasteiger partial charge in [0.05, 0.1) is 0 Å². The van der Waals surface area contributed by atoms with E-state index in [0.29, 0.717) is 0 Å². The first kappa shape index (κ1) is 28.6. The molecule has 0 saturated heterocycles. The lowest BCUT2D eigenvalue weighted by atomic mass is 9.84. The lowest BCUT2D eigenvalue weighted by Crippen LogP contribution is -1.92. The zero-order chi connectivity index (χ0) is 34.6. The predicted octanol–water partition coefficient (Wildman–Crippen LogP) is 14.7. The predicted molar refractivity (Wildman–Crippen MR) is 220 cm³/mol. The molecular formula is C50H28O3. The van der Waals surface area contributed by atoms with Crippen molar-refractivity contribution in [3.63, 3.8) is 0 Å². The van der Waals surface area contributed by atoms with Gasteiger partial charge in [0, 0.05) is 43.6 Å². The summed E-state index contributed by atoms with van der Waals surface area (Å²) >= 11 is 0. The van der Waals surface area contributed by atoms with Crippen LogP contribution in [0.4, 0.5) is 0 Å². The summed E-state index contributed by atoms with van der Waals surface area (Å²) in [5.41, 5.74) is 9.80. The Morgan fingerprint density at radius 1 is 0.283 bits per heavy atom. The van der Waals surface area contributed by atoms with Gasteiger partial charge in [-0.05, 0) is 79.8 Å². The van der Waals surface area contributed by atoms with Crippen molar-refractivity contribution in [2.24, 2.45) is 0 Å². The molecule has 246 valence electrons. The summed E-state index contributed by atoms with van der Waals surface area (Å²) in [6.45, 7) is 0. The second-order valence-electron chi connectivity index (χ2n) is 13.9. The van der Waals surface area contributed by atoms with Crippen LogP contribution in [0.1, 0.15) is 0 Å². The molecule has 0 aliphatic carbocycles. The molecule has 0 N–H and O–H groups in total. The summed E-state index contributed by atoms with van der Waals surface area (Å²) in [5, 5.41) is 12.5. The van der Waals surface area contributed by atoms with Gasteiger partial charge in [-0.2, -0.15) is 0 Å². The first-order valence-electron chi connectivity index (χ1n) is 18.0. The standard InChI is InChI=1S/C50H28O3/c1-2-12-30(13-3-1)48-47(39-26-25-37-32-14-8-10-20-41(32)52-49(37)50(39)53-48)46-35-17-6-4-15-33(35)44(34-16-5-7-18-36(34)46)31-23-22-29-24-27-43-45(40(29)28-31)38-19-9-11-21-42(38)51-43/h1-28H. The van der Waals surface area contributed by atoms with Crippen LogP contribution in [0.5, 0.6) is 0 Å². The quantitative estimate of drug-likeness (QED) is 0.175. The fourth-order valence-electron chi connectivity index (χ4n) is 8.79. The highest BCUT2D eigenvalue weighted by Crippen LogP contribution is 2.51. The van der Waals surface area contributed by atoms with Crippen LogP contribution in [-0.4, -0.2) is 0 Å². The van der Waals surface area contributed by atoms with Crippen molar-refractivity contribution >= 4 is 87.2 Å². The first-order chi connectivity index (χ1) is 26.3. The number of hydrogen-bond acceptors (Lipinski definition) is 3. The lowest BCUT2D eigenvalue weighted by Gasteiger charge is -2.18. The Bertz CT molecular complexity index is 3390. The second-order valence-corrected chi connectivity index (χ2v) is 13.9. The molecular weight excluding hydrogens is 649 g/mol. The molecule has 3 heteroatoms. The van der Waals surface area contributed by atoms with E-state index in [0.717, 1.165) is 88.1 Å². The minimum absolute atomic E-state index is 0.760. The minimum Gasteiger partial charge on any atom is -0.456 e. The Balaban J connectivity index is 1.21. The molecule has 0 spiro atoms. The van der Waals surface area contributed by atoms with E-state index in [9.17, 15) is 0 Å². The van der Waals surface area contributed by atoms with E-state index in [4.69, 9.17) is 13.3 Å². The topological polar surface area (TPSA) is 39.4 Å². The number of para-hydroxylation sites is 2. The molecule has 3 aromatic heterocycles. The summed E-state index contributed by atoms with van der Waals surface area (Å²) in [4.78, 5) is 0. The zero-order valence-corrected chi connectivity index (χ0v) is 28.4. The van der Waals surface area contributed by atoms with Crippen molar-refractivity contribution in [2.45, 2.75) is 0 Å². The monoisotopic (exact) mass is 676 g/mol. The Morgan fingerprint density at radius 3 is 1.58 bits per heavy atom. The molecule has 0 amide bonds. The van der Waals surface area contributed by atoms with Crippen molar-refractivity contribution in [3.8, 4) is 33.6 Å². The van der Waals surface area contributed by atoms with E-state index in [1.807, 2.05) is 30.3 Å². The Labute approximate surface area is 302 Å². The third kappa shape index (κ3) is 3.99. The molecule has 9 aromatic carbocycles. The summed E-state index contributed by atoms with van der Waals surface area (Å²) in [6.07, 6.45) is 0. The highest BCUT2D eigenvalue weighted by molar-refractivity contribution is 6.27. The third-order valence-corrected chi connectivity index (χ3v) is 11.1. The van der Waals surface area contributed by atoms with Gasteiger partial charge in [0.25, 0.3) is 0 Å². The van der Waals surface area contributed by atoms with Gasteiger partial charge in [-0.3, -0.25) is 0 Å². The Morgan fingerprint density at radius 2 is 0.849 bits per heavy atom. The van der Waals surface area contributed by atoms with Gasteiger partial charge in [0.2, 0.25) is 0 Å². The number of furan rings is 3. The van der Waals surface area contributed by atoms with Crippen LogP contribution < -0.4 is 0 Å². The molecule has 3 nitrogen and oxygen atoms in total. The highest BCUT2D eigenvalue weighted by Gasteiger charge is 2.26. The van der Waals surface area contributed by atoms with E-state index in [1.165, 1.54) is 32.7 Å². The summed E-state index contributed by atoms with van der Waals surface area (Å²) in [6, 6.07) is 60.2. The largest absolute Gasteiger partial charge is 0.456 e. The number of rotatable bonds is 3. The summed E-state index contributed by atoms with van der Waals surface area (Å²) in [5.74, 6) is 0.830. The minimum atomic E-state index is 0.760. The molecule has 3 heterocycles. The number of hydrogen-bond donors (Lipinski definition) is 0. The average Bonchev–Trinajstić information content (AvgIpc) is 3.92. The van der Waals surface area contributed by atoms with Gasteiger partial charge in [-0.25, -0.2) is 0 Å². The molecule has 0 saturated carbocycles.